The zero-order valence-corrected chi connectivity index (χ0v) is 21.1. The van der Waals surface area contributed by atoms with Crippen molar-refractivity contribution >= 4 is 29.6 Å². The molecule has 1 atom stereocenters. The number of carbonyl (C=O) groups is 5. The van der Waals surface area contributed by atoms with Gasteiger partial charge in [-0.15, -0.1) is 0 Å². The highest BCUT2D eigenvalue weighted by molar-refractivity contribution is 6.24. The number of amides is 4. The molecule has 196 valence electrons. The number of benzene rings is 1. The topological polar surface area (TPSA) is 128 Å². The van der Waals surface area contributed by atoms with E-state index < -0.39 is 35.3 Å². The highest BCUT2D eigenvalue weighted by Crippen LogP contribution is 2.33. The number of hydrogen-bond acceptors (Lipinski definition) is 8. The van der Waals surface area contributed by atoms with Crippen LogP contribution in [0, 0.1) is 0 Å². The Morgan fingerprint density at radius 2 is 1.72 bits per heavy atom. The molecule has 1 unspecified atom stereocenters. The van der Waals surface area contributed by atoms with Gasteiger partial charge in [0.25, 0.3) is 11.8 Å². The van der Waals surface area contributed by atoms with E-state index in [0.29, 0.717) is 25.6 Å². The first kappa shape index (κ1) is 27.3. The lowest BCUT2D eigenvalue weighted by Crippen LogP contribution is -2.54. The number of imide groups is 2. The Morgan fingerprint density at radius 1 is 1.00 bits per heavy atom. The van der Waals surface area contributed by atoms with Crippen molar-refractivity contribution in [3.05, 3.63) is 29.3 Å². The van der Waals surface area contributed by atoms with Crippen molar-refractivity contribution in [3.8, 4) is 5.75 Å². The van der Waals surface area contributed by atoms with E-state index in [2.05, 4.69) is 5.32 Å². The first-order chi connectivity index (χ1) is 17.1. The quantitative estimate of drug-likeness (QED) is 0.263. The van der Waals surface area contributed by atoms with Crippen LogP contribution < -0.4 is 10.1 Å². The van der Waals surface area contributed by atoms with Gasteiger partial charge in [0.2, 0.25) is 11.8 Å². The van der Waals surface area contributed by atoms with Gasteiger partial charge in [-0.1, -0.05) is 12.5 Å². The highest BCUT2D eigenvalue weighted by Gasteiger charge is 2.45. The third-order valence-electron chi connectivity index (χ3n) is 5.74. The molecule has 3 rings (SSSR count). The van der Waals surface area contributed by atoms with E-state index in [1.165, 1.54) is 6.07 Å². The van der Waals surface area contributed by atoms with Crippen LogP contribution in [0.3, 0.4) is 0 Å². The molecule has 2 heterocycles. The van der Waals surface area contributed by atoms with Gasteiger partial charge in [-0.25, -0.2) is 0 Å². The van der Waals surface area contributed by atoms with E-state index in [0.717, 1.165) is 30.6 Å². The molecule has 0 saturated carbocycles. The SMILES string of the molecule is CC(C)(C)OC(=O)CCOCCCCCCOc1cccc2c1C(=O)N(C1CCC(=O)NC1=O)C2=O. The number of unbranched alkanes of at least 4 members (excludes halogenated alkanes) is 3. The Labute approximate surface area is 210 Å². The van der Waals surface area contributed by atoms with Crippen LogP contribution in [0.5, 0.6) is 5.75 Å². The summed E-state index contributed by atoms with van der Waals surface area (Å²) >= 11 is 0. The minimum atomic E-state index is -1.01. The Morgan fingerprint density at radius 3 is 2.42 bits per heavy atom. The third kappa shape index (κ3) is 7.13. The van der Waals surface area contributed by atoms with Crippen LogP contribution in [0.15, 0.2) is 18.2 Å². The van der Waals surface area contributed by atoms with Crippen LogP contribution >= 0.6 is 0 Å². The summed E-state index contributed by atoms with van der Waals surface area (Å²) in [6.07, 6.45) is 3.82. The van der Waals surface area contributed by atoms with E-state index in [1.54, 1.807) is 12.1 Å². The lowest BCUT2D eigenvalue weighted by molar-refractivity contribution is -0.156. The van der Waals surface area contributed by atoms with Crippen molar-refractivity contribution in [2.24, 2.45) is 0 Å². The van der Waals surface area contributed by atoms with Crippen molar-refractivity contribution in [1.82, 2.24) is 10.2 Å². The summed E-state index contributed by atoms with van der Waals surface area (Å²) in [6, 6.07) is 3.81. The fourth-order valence-corrected chi connectivity index (χ4v) is 4.10. The molecule has 10 heteroatoms. The number of piperidine rings is 1. The summed E-state index contributed by atoms with van der Waals surface area (Å²) in [5, 5.41) is 2.19. The number of esters is 1. The molecule has 1 aromatic rings. The van der Waals surface area contributed by atoms with Gasteiger partial charge in [0.1, 0.15) is 17.4 Å². The van der Waals surface area contributed by atoms with Crippen molar-refractivity contribution in [3.63, 3.8) is 0 Å². The fraction of sp³-hybridized carbons (Fsp3) is 0.577. The van der Waals surface area contributed by atoms with E-state index in [9.17, 15) is 24.0 Å². The van der Waals surface area contributed by atoms with E-state index in [1.807, 2.05) is 20.8 Å². The van der Waals surface area contributed by atoms with Crippen LogP contribution in [0.4, 0.5) is 0 Å². The molecular formula is C26H34N2O8. The summed E-state index contributed by atoms with van der Waals surface area (Å²) in [5.74, 6) is -2.15. The van der Waals surface area contributed by atoms with Crippen LogP contribution in [0.1, 0.15) is 86.4 Å². The molecule has 1 aromatic carbocycles. The number of carbonyl (C=O) groups excluding carboxylic acids is 5. The molecule has 2 aliphatic rings. The maximum absolute atomic E-state index is 13.0. The zero-order valence-electron chi connectivity index (χ0n) is 21.1. The Balaban J connectivity index is 1.38. The highest BCUT2D eigenvalue weighted by atomic mass is 16.6. The average Bonchev–Trinajstić information content (AvgIpc) is 3.05. The number of ether oxygens (including phenoxy) is 3. The molecule has 4 amide bonds. The Kier molecular flexibility index (Phi) is 9.19. The number of nitrogens with zero attached hydrogens (tertiary/aromatic N) is 1. The second-order valence-electron chi connectivity index (χ2n) is 9.84. The fourth-order valence-electron chi connectivity index (χ4n) is 4.10. The molecule has 1 fully saturated rings. The molecule has 0 aliphatic carbocycles. The van der Waals surface area contributed by atoms with Gasteiger partial charge in [0, 0.05) is 13.0 Å². The van der Waals surface area contributed by atoms with Gasteiger partial charge >= 0.3 is 5.97 Å². The number of nitrogens with one attached hydrogen (secondary N) is 1. The van der Waals surface area contributed by atoms with Crippen molar-refractivity contribution in [2.45, 2.75) is 77.4 Å². The van der Waals surface area contributed by atoms with E-state index >= 15 is 0 Å². The minimum Gasteiger partial charge on any atom is -0.493 e. The van der Waals surface area contributed by atoms with Gasteiger partial charge in [-0.3, -0.25) is 34.2 Å². The summed E-state index contributed by atoms with van der Waals surface area (Å²) < 4.78 is 16.5. The van der Waals surface area contributed by atoms with E-state index in [-0.39, 0.29) is 36.4 Å². The van der Waals surface area contributed by atoms with E-state index in [4.69, 9.17) is 14.2 Å². The van der Waals surface area contributed by atoms with Crippen LogP contribution in [-0.4, -0.2) is 66.0 Å². The second-order valence-corrected chi connectivity index (χ2v) is 9.84. The normalized spacial score (nSPS) is 17.8. The largest absolute Gasteiger partial charge is 0.493 e. The molecule has 0 aromatic heterocycles. The van der Waals surface area contributed by atoms with Gasteiger partial charge in [-0.2, -0.15) is 0 Å². The maximum atomic E-state index is 13.0. The summed E-state index contributed by atoms with van der Waals surface area (Å²) in [4.78, 5) is 62.1. The van der Waals surface area contributed by atoms with Crippen molar-refractivity contribution in [1.29, 1.82) is 0 Å². The molecule has 1 N–H and O–H groups in total. The minimum absolute atomic E-state index is 0.0714. The Bertz CT molecular complexity index is 1010. The summed E-state index contributed by atoms with van der Waals surface area (Å²) in [5.41, 5.74) is -0.134. The standard InChI is InChI=1S/C26H34N2O8/c1-26(2,3)36-21(30)13-16-34-14-6-4-5-7-15-35-19-10-8-9-17-22(19)25(33)28(24(17)32)18-11-12-20(29)27-23(18)31/h8-10,18H,4-7,11-16H2,1-3H3,(H,27,29,31). The first-order valence-corrected chi connectivity index (χ1v) is 12.4. The van der Waals surface area contributed by atoms with Crippen molar-refractivity contribution in [2.75, 3.05) is 19.8 Å². The van der Waals surface area contributed by atoms with Crippen LogP contribution in [0.25, 0.3) is 0 Å². The van der Waals surface area contributed by atoms with Gasteiger partial charge in [-0.05, 0) is 58.6 Å². The molecule has 0 radical (unpaired) electrons. The number of rotatable bonds is 12. The zero-order chi connectivity index (χ0) is 26.3. The van der Waals surface area contributed by atoms with Crippen LogP contribution in [0.2, 0.25) is 0 Å². The molecular weight excluding hydrogens is 468 g/mol. The third-order valence-corrected chi connectivity index (χ3v) is 5.74. The lowest BCUT2D eigenvalue weighted by atomic mass is 10.0. The van der Waals surface area contributed by atoms with Crippen LogP contribution in [-0.2, 0) is 23.9 Å². The molecule has 1 saturated heterocycles. The summed E-state index contributed by atoms with van der Waals surface area (Å²) in [7, 11) is 0. The Hall–Kier alpha value is -3.27. The molecule has 0 spiro atoms. The average molecular weight is 503 g/mol. The molecule has 2 aliphatic heterocycles. The van der Waals surface area contributed by atoms with Gasteiger partial charge in [0.15, 0.2) is 0 Å². The number of hydrogen-bond donors (Lipinski definition) is 1. The molecule has 10 nitrogen and oxygen atoms in total. The van der Waals surface area contributed by atoms with Crippen molar-refractivity contribution < 1.29 is 38.2 Å². The summed E-state index contributed by atoms with van der Waals surface area (Å²) in [6.45, 7) is 6.74. The monoisotopic (exact) mass is 502 g/mol. The predicted octanol–water partition coefficient (Wildman–Crippen LogP) is 2.78. The first-order valence-electron chi connectivity index (χ1n) is 12.4. The smallest absolute Gasteiger partial charge is 0.308 e. The molecule has 0 bridgehead atoms. The van der Waals surface area contributed by atoms with Gasteiger partial charge < -0.3 is 14.2 Å². The molecule has 36 heavy (non-hydrogen) atoms. The predicted molar refractivity (Wildman–Crippen MR) is 128 cm³/mol. The lowest BCUT2D eigenvalue weighted by Gasteiger charge is -2.27. The number of fused-ring (bicyclic) bond motifs is 1. The maximum Gasteiger partial charge on any atom is 0.308 e. The second kappa shape index (κ2) is 12.1. The van der Waals surface area contributed by atoms with Gasteiger partial charge in [0.05, 0.1) is 30.8 Å².